The fraction of sp³-hybridized carbons (Fsp3) is 0.375. The Labute approximate surface area is 197 Å². The number of carbonyl (C=O) groups is 1. The maximum Gasteiger partial charge on any atom is 0.211 e. The van der Waals surface area contributed by atoms with Crippen molar-refractivity contribution in [1.29, 1.82) is 0 Å². The lowest BCUT2D eigenvalue weighted by Crippen LogP contribution is -2.55. The van der Waals surface area contributed by atoms with Crippen molar-refractivity contribution in [3.05, 3.63) is 48.3 Å². The maximum absolute atomic E-state index is 13.4. The lowest BCUT2D eigenvalue weighted by molar-refractivity contribution is -0.105. The van der Waals surface area contributed by atoms with E-state index in [1.54, 1.807) is 31.7 Å². The topological polar surface area (TPSA) is 92.1 Å². The van der Waals surface area contributed by atoms with Crippen LogP contribution < -0.4 is 10.2 Å². The summed E-state index contributed by atoms with van der Waals surface area (Å²) in [5.74, 6) is 0.526. The van der Waals surface area contributed by atoms with Crippen molar-refractivity contribution < 1.29 is 9.18 Å². The standard InChI is InChI=1S/C15H21N5.C9H8FN3O/c1-10-7-18-15(14-13(10)16-5-6-17-14)20-8-11(2)19(4)12(3)9-20;1-13-4-6-2-7(11-5-14)3-8(10)9(6)12-13/h5-7,11-12H,8-9H2,1-4H3;2-5H,1H3,(H,11,14). The summed E-state index contributed by atoms with van der Waals surface area (Å²) in [6, 6.07) is 3.92. The van der Waals surface area contributed by atoms with Crippen LogP contribution in [0.1, 0.15) is 19.4 Å². The van der Waals surface area contributed by atoms with Gasteiger partial charge in [-0.05, 0) is 45.5 Å². The van der Waals surface area contributed by atoms with Crippen LogP contribution in [0.25, 0.3) is 21.9 Å². The van der Waals surface area contributed by atoms with Gasteiger partial charge in [-0.25, -0.2) is 14.4 Å². The van der Waals surface area contributed by atoms with Crippen molar-refractivity contribution in [2.75, 3.05) is 30.4 Å². The molecule has 1 aliphatic rings. The van der Waals surface area contributed by atoms with Crippen molar-refractivity contribution in [3.8, 4) is 0 Å². The number of fused-ring (bicyclic) bond motifs is 2. The molecule has 0 bridgehead atoms. The molecule has 34 heavy (non-hydrogen) atoms. The van der Waals surface area contributed by atoms with Crippen molar-refractivity contribution in [1.82, 2.24) is 29.6 Å². The summed E-state index contributed by atoms with van der Waals surface area (Å²) in [7, 11) is 3.90. The van der Waals surface area contributed by atoms with Gasteiger partial charge in [-0.15, -0.1) is 0 Å². The summed E-state index contributed by atoms with van der Waals surface area (Å²) in [6.45, 7) is 8.49. The zero-order valence-corrected chi connectivity index (χ0v) is 20.0. The number of halogens is 1. The number of anilines is 2. The first kappa shape index (κ1) is 23.5. The molecule has 0 spiro atoms. The largest absolute Gasteiger partial charge is 0.352 e. The first-order chi connectivity index (χ1) is 16.3. The molecule has 9 nitrogen and oxygen atoms in total. The number of hydrogen-bond acceptors (Lipinski definition) is 7. The van der Waals surface area contributed by atoms with Gasteiger partial charge in [-0.3, -0.25) is 19.4 Å². The van der Waals surface area contributed by atoms with E-state index >= 15 is 0 Å². The van der Waals surface area contributed by atoms with E-state index in [0.717, 1.165) is 35.5 Å². The second-order valence-corrected chi connectivity index (χ2v) is 8.75. The van der Waals surface area contributed by atoms with E-state index in [-0.39, 0.29) is 0 Å². The van der Waals surface area contributed by atoms with Gasteiger partial charge >= 0.3 is 0 Å². The molecule has 1 N–H and O–H groups in total. The van der Waals surface area contributed by atoms with E-state index in [1.165, 1.54) is 10.7 Å². The van der Waals surface area contributed by atoms with Gasteiger partial charge in [-0.2, -0.15) is 5.10 Å². The Bertz CT molecular complexity index is 1310. The Morgan fingerprint density at radius 2 is 1.71 bits per heavy atom. The predicted molar refractivity (Wildman–Crippen MR) is 131 cm³/mol. The van der Waals surface area contributed by atoms with Crippen LogP contribution in [0.4, 0.5) is 15.9 Å². The van der Waals surface area contributed by atoms with Crippen molar-refractivity contribution in [3.63, 3.8) is 0 Å². The zero-order valence-electron chi connectivity index (χ0n) is 20.0. The third-order valence-electron chi connectivity index (χ3n) is 6.23. The number of nitrogens with zero attached hydrogens (tertiary/aromatic N) is 7. The van der Waals surface area contributed by atoms with Gasteiger partial charge in [0.1, 0.15) is 11.0 Å². The number of aryl methyl sites for hydroxylation is 2. The third kappa shape index (κ3) is 4.67. The van der Waals surface area contributed by atoms with Crippen LogP contribution in [-0.2, 0) is 11.8 Å². The Hall–Kier alpha value is -3.66. The number of aromatic nitrogens is 5. The Balaban J connectivity index is 0.000000172. The minimum absolute atomic E-state index is 0.309. The van der Waals surface area contributed by atoms with Gasteiger partial charge in [0.2, 0.25) is 6.41 Å². The second kappa shape index (κ2) is 9.68. The quantitative estimate of drug-likeness (QED) is 0.466. The molecule has 0 saturated carbocycles. The van der Waals surface area contributed by atoms with E-state index in [1.807, 2.05) is 13.1 Å². The van der Waals surface area contributed by atoms with Crippen molar-refractivity contribution >= 4 is 39.9 Å². The molecule has 2 unspecified atom stereocenters. The molecule has 1 amide bonds. The molecule has 4 heterocycles. The van der Waals surface area contributed by atoms with Crippen LogP contribution in [0.3, 0.4) is 0 Å². The molecule has 1 aromatic carbocycles. The Kier molecular flexibility index (Phi) is 6.69. The molecule has 2 atom stereocenters. The number of benzene rings is 1. The molecule has 0 aliphatic carbocycles. The molecular weight excluding hydrogens is 435 g/mol. The number of likely N-dealkylation sites (N-methyl/N-ethyl adjacent to an activating group) is 1. The second-order valence-electron chi connectivity index (χ2n) is 8.75. The van der Waals surface area contributed by atoms with Crippen LogP contribution >= 0.6 is 0 Å². The summed E-state index contributed by atoms with van der Waals surface area (Å²) >= 11 is 0. The van der Waals surface area contributed by atoms with E-state index in [0.29, 0.717) is 35.1 Å². The number of piperazine rings is 1. The number of carbonyl (C=O) groups excluding carboxylic acids is 1. The minimum atomic E-state index is -0.438. The highest BCUT2D eigenvalue weighted by molar-refractivity contribution is 5.88. The van der Waals surface area contributed by atoms with Gasteiger partial charge in [0.15, 0.2) is 11.6 Å². The van der Waals surface area contributed by atoms with Gasteiger partial charge in [0, 0.05) is 68.1 Å². The summed E-state index contributed by atoms with van der Waals surface area (Å²) < 4.78 is 14.9. The van der Waals surface area contributed by atoms with Crippen LogP contribution in [0, 0.1) is 12.7 Å². The molecule has 5 rings (SSSR count). The monoisotopic (exact) mass is 464 g/mol. The number of pyridine rings is 1. The third-order valence-corrected chi connectivity index (χ3v) is 6.23. The van der Waals surface area contributed by atoms with Crippen LogP contribution in [0.15, 0.2) is 36.9 Å². The molecule has 1 fully saturated rings. The minimum Gasteiger partial charge on any atom is -0.352 e. The van der Waals surface area contributed by atoms with E-state index in [4.69, 9.17) is 0 Å². The average molecular weight is 465 g/mol. The number of nitrogens with one attached hydrogen (secondary N) is 1. The number of rotatable bonds is 3. The van der Waals surface area contributed by atoms with Crippen LogP contribution in [0.2, 0.25) is 0 Å². The fourth-order valence-corrected chi connectivity index (χ4v) is 4.24. The Morgan fingerprint density at radius 1 is 1.03 bits per heavy atom. The van der Waals surface area contributed by atoms with Crippen LogP contribution in [-0.4, -0.2) is 68.3 Å². The molecule has 10 heteroatoms. The number of hydrogen-bond donors (Lipinski definition) is 1. The molecule has 1 saturated heterocycles. The zero-order chi connectivity index (χ0) is 24.4. The molecule has 1 aliphatic heterocycles. The summed E-state index contributed by atoms with van der Waals surface area (Å²) in [6.07, 6.45) is 7.59. The highest BCUT2D eigenvalue weighted by atomic mass is 19.1. The summed E-state index contributed by atoms with van der Waals surface area (Å²) in [4.78, 5) is 28.5. The molecular formula is C24H29FN8O. The first-order valence-electron chi connectivity index (χ1n) is 11.1. The maximum atomic E-state index is 13.4. The Morgan fingerprint density at radius 3 is 2.38 bits per heavy atom. The lowest BCUT2D eigenvalue weighted by atomic mass is 10.1. The lowest BCUT2D eigenvalue weighted by Gasteiger charge is -2.43. The van der Waals surface area contributed by atoms with E-state index in [9.17, 15) is 9.18 Å². The fourth-order valence-electron chi connectivity index (χ4n) is 4.24. The highest BCUT2D eigenvalue weighted by Gasteiger charge is 2.28. The van der Waals surface area contributed by atoms with Crippen molar-refractivity contribution in [2.24, 2.45) is 7.05 Å². The number of amides is 1. The average Bonchev–Trinajstić information content (AvgIpc) is 3.19. The van der Waals surface area contributed by atoms with Crippen LogP contribution in [0.5, 0.6) is 0 Å². The van der Waals surface area contributed by atoms with Crippen molar-refractivity contribution in [2.45, 2.75) is 32.9 Å². The predicted octanol–water partition coefficient (Wildman–Crippen LogP) is 3.14. The molecule has 0 radical (unpaired) electrons. The smallest absolute Gasteiger partial charge is 0.211 e. The van der Waals surface area contributed by atoms with E-state index in [2.05, 4.69) is 56.1 Å². The molecule has 3 aromatic heterocycles. The van der Waals surface area contributed by atoms with Gasteiger partial charge in [-0.1, -0.05) is 0 Å². The molecule has 4 aromatic rings. The van der Waals surface area contributed by atoms with Gasteiger partial charge < -0.3 is 10.2 Å². The van der Waals surface area contributed by atoms with Gasteiger partial charge in [0.05, 0.1) is 5.52 Å². The highest BCUT2D eigenvalue weighted by Crippen LogP contribution is 2.26. The summed E-state index contributed by atoms with van der Waals surface area (Å²) in [5, 5.41) is 7.00. The molecule has 178 valence electrons. The first-order valence-corrected chi connectivity index (χ1v) is 11.1. The van der Waals surface area contributed by atoms with E-state index < -0.39 is 5.82 Å². The van der Waals surface area contributed by atoms with Gasteiger partial charge in [0.25, 0.3) is 0 Å². The normalized spacial score (nSPS) is 18.6. The SMILES string of the molecule is Cc1cnc(N2CC(C)N(C)C(C)C2)c2nccnc12.Cn1cc2cc(NC=O)cc(F)c2n1. The summed E-state index contributed by atoms with van der Waals surface area (Å²) in [5.41, 5.74) is 3.68.